The average molecular weight is 893 g/mol. The maximum atomic E-state index is 12.5. The maximum absolute atomic E-state index is 12.5. The van der Waals surface area contributed by atoms with Gasteiger partial charge in [-0.15, -0.1) is 0 Å². The first kappa shape index (κ1) is 61.9. The van der Waals surface area contributed by atoms with E-state index in [-0.39, 0.29) is 18.5 Å². The predicted molar refractivity (Wildman–Crippen MR) is 274 cm³/mol. The molecule has 63 heavy (non-hydrogen) atoms. The highest BCUT2D eigenvalue weighted by atomic mass is 16.5. The predicted octanol–water partition coefficient (Wildman–Crippen LogP) is 17.5. The standard InChI is InChI=1S/C57H113NO5/c1-3-5-7-9-11-13-15-17-19-21-22-23-25-26-28-30-33-37-41-45-49-55(60)54(53-59)58-56(61)50-46-42-38-34-32-36-40-44-48-52-63-57(62)51-47-43-39-35-31-29-27-24-20-18-16-14-12-10-8-6-4-2/h54-55,59-60H,3-53H2,1-2H3,(H,58,61). The second-order valence-corrected chi connectivity index (χ2v) is 20.0. The Hall–Kier alpha value is -1.14. The molecule has 0 rings (SSSR count). The highest BCUT2D eigenvalue weighted by Crippen LogP contribution is 2.18. The molecule has 0 aliphatic rings. The molecule has 376 valence electrons. The number of carbonyl (C=O) groups is 2. The van der Waals surface area contributed by atoms with Crippen LogP contribution in [0.1, 0.15) is 328 Å². The van der Waals surface area contributed by atoms with E-state index < -0.39 is 12.1 Å². The van der Waals surface area contributed by atoms with Gasteiger partial charge < -0.3 is 20.3 Å². The summed E-state index contributed by atoms with van der Waals surface area (Å²) in [5, 5.41) is 23.3. The van der Waals surface area contributed by atoms with E-state index in [1.54, 1.807) is 0 Å². The number of unbranched alkanes of at least 4 members (excludes halogenated alkanes) is 43. The van der Waals surface area contributed by atoms with Crippen LogP contribution in [0.3, 0.4) is 0 Å². The van der Waals surface area contributed by atoms with Crippen molar-refractivity contribution in [3.8, 4) is 0 Å². The Labute approximate surface area is 394 Å². The van der Waals surface area contributed by atoms with Gasteiger partial charge in [0.15, 0.2) is 0 Å². The number of hydrogen-bond acceptors (Lipinski definition) is 5. The van der Waals surface area contributed by atoms with Crippen molar-refractivity contribution in [1.29, 1.82) is 0 Å². The van der Waals surface area contributed by atoms with Crippen molar-refractivity contribution in [2.75, 3.05) is 13.2 Å². The molecule has 2 unspecified atom stereocenters. The first-order valence-corrected chi connectivity index (χ1v) is 28.8. The molecule has 0 bridgehead atoms. The van der Waals surface area contributed by atoms with E-state index in [4.69, 9.17) is 4.74 Å². The number of esters is 1. The fraction of sp³-hybridized carbons (Fsp3) is 0.965. The summed E-state index contributed by atoms with van der Waals surface area (Å²) < 4.78 is 5.47. The lowest BCUT2D eigenvalue weighted by Gasteiger charge is -2.22. The van der Waals surface area contributed by atoms with Gasteiger partial charge in [0.25, 0.3) is 0 Å². The Morgan fingerprint density at radius 1 is 0.381 bits per heavy atom. The topological polar surface area (TPSA) is 95.9 Å². The number of ether oxygens (including phenoxy) is 1. The summed E-state index contributed by atoms with van der Waals surface area (Å²) >= 11 is 0. The second kappa shape index (κ2) is 53.5. The van der Waals surface area contributed by atoms with Crippen molar-refractivity contribution in [3.63, 3.8) is 0 Å². The summed E-state index contributed by atoms with van der Waals surface area (Å²) in [6, 6.07) is -0.560. The number of nitrogens with one attached hydrogen (secondary N) is 1. The molecular weight excluding hydrogens is 779 g/mol. The molecule has 0 saturated carbocycles. The Kier molecular flexibility index (Phi) is 52.5. The number of carbonyl (C=O) groups excluding carboxylic acids is 2. The van der Waals surface area contributed by atoms with Gasteiger partial charge in [0.1, 0.15) is 0 Å². The molecule has 3 N–H and O–H groups in total. The fourth-order valence-electron chi connectivity index (χ4n) is 9.23. The lowest BCUT2D eigenvalue weighted by Crippen LogP contribution is -2.45. The van der Waals surface area contributed by atoms with Crippen molar-refractivity contribution in [3.05, 3.63) is 0 Å². The largest absolute Gasteiger partial charge is 0.466 e. The molecule has 0 heterocycles. The molecule has 2 atom stereocenters. The molecule has 6 nitrogen and oxygen atoms in total. The Balaban J connectivity index is 3.45. The highest BCUT2D eigenvalue weighted by molar-refractivity contribution is 5.76. The summed E-state index contributed by atoms with van der Waals surface area (Å²) in [4.78, 5) is 24.6. The summed E-state index contributed by atoms with van der Waals surface area (Å²) in [6.07, 6.45) is 60.9. The zero-order valence-corrected chi connectivity index (χ0v) is 42.8. The van der Waals surface area contributed by atoms with Crippen LogP contribution in [0.15, 0.2) is 0 Å². The summed E-state index contributed by atoms with van der Waals surface area (Å²) in [6.45, 7) is 4.92. The third-order valence-corrected chi connectivity index (χ3v) is 13.7. The van der Waals surface area contributed by atoms with Crippen LogP contribution in [0.2, 0.25) is 0 Å². The molecule has 0 aromatic heterocycles. The summed E-state index contributed by atoms with van der Waals surface area (Å²) in [5.41, 5.74) is 0. The third-order valence-electron chi connectivity index (χ3n) is 13.7. The monoisotopic (exact) mass is 892 g/mol. The van der Waals surface area contributed by atoms with E-state index in [0.29, 0.717) is 25.9 Å². The van der Waals surface area contributed by atoms with Gasteiger partial charge >= 0.3 is 5.97 Å². The maximum Gasteiger partial charge on any atom is 0.305 e. The molecule has 0 saturated heterocycles. The minimum Gasteiger partial charge on any atom is -0.466 e. The van der Waals surface area contributed by atoms with Crippen LogP contribution in [0, 0.1) is 0 Å². The first-order valence-electron chi connectivity index (χ1n) is 28.8. The molecule has 6 heteroatoms. The number of rotatable bonds is 54. The van der Waals surface area contributed by atoms with Crippen molar-refractivity contribution in [2.24, 2.45) is 0 Å². The zero-order chi connectivity index (χ0) is 45.8. The van der Waals surface area contributed by atoms with Crippen LogP contribution >= 0.6 is 0 Å². The third kappa shape index (κ3) is 50.1. The van der Waals surface area contributed by atoms with Crippen LogP contribution in [-0.2, 0) is 14.3 Å². The molecular formula is C57H113NO5. The van der Waals surface area contributed by atoms with E-state index in [9.17, 15) is 19.8 Å². The van der Waals surface area contributed by atoms with Gasteiger partial charge in [0.05, 0.1) is 25.4 Å². The molecule has 0 aromatic carbocycles. The number of aliphatic hydroxyl groups is 2. The van der Waals surface area contributed by atoms with Crippen molar-refractivity contribution < 1.29 is 24.5 Å². The molecule has 0 radical (unpaired) electrons. The van der Waals surface area contributed by atoms with Gasteiger partial charge in [-0.1, -0.05) is 290 Å². The Morgan fingerprint density at radius 3 is 0.968 bits per heavy atom. The van der Waals surface area contributed by atoms with Crippen LogP contribution in [0.4, 0.5) is 0 Å². The smallest absolute Gasteiger partial charge is 0.305 e. The molecule has 0 spiro atoms. The molecule has 1 amide bonds. The van der Waals surface area contributed by atoms with Crippen LogP contribution in [0.5, 0.6) is 0 Å². The van der Waals surface area contributed by atoms with E-state index >= 15 is 0 Å². The lowest BCUT2D eigenvalue weighted by atomic mass is 10.0. The molecule has 0 aliphatic heterocycles. The normalized spacial score (nSPS) is 12.5. The number of amides is 1. The van der Waals surface area contributed by atoms with Crippen molar-refractivity contribution in [2.45, 2.75) is 341 Å². The van der Waals surface area contributed by atoms with Gasteiger partial charge in [0, 0.05) is 12.8 Å². The molecule has 0 aromatic rings. The Morgan fingerprint density at radius 2 is 0.651 bits per heavy atom. The van der Waals surface area contributed by atoms with Crippen LogP contribution in [0.25, 0.3) is 0 Å². The minimum atomic E-state index is -0.681. The lowest BCUT2D eigenvalue weighted by molar-refractivity contribution is -0.143. The van der Waals surface area contributed by atoms with Crippen molar-refractivity contribution >= 4 is 11.9 Å². The summed E-state index contributed by atoms with van der Waals surface area (Å²) in [7, 11) is 0. The Bertz CT molecular complexity index is 898. The van der Waals surface area contributed by atoms with Gasteiger partial charge in [-0.25, -0.2) is 0 Å². The molecule has 0 aliphatic carbocycles. The summed E-state index contributed by atoms with van der Waals surface area (Å²) in [5.74, 6) is -0.0774. The highest BCUT2D eigenvalue weighted by Gasteiger charge is 2.20. The van der Waals surface area contributed by atoms with Crippen molar-refractivity contribution in [1.82, 2.24) is 5.32 Å². The number of hydrogen-bond donors (Lipinski definition) is 3. The van der Waals surface area contributed by atoms with Crippen LogP contribution < -0.4 is 5.32 Å². The van der Waals surface area contributed by atoms with Gasteiger partial charge in [-0.05, 0) is 25.7 Å². The van der Waals surface area contributed by atoms with E-state index in [1.165, 1.54) is 238 Å². The van der Waals surface area contributed by atoms with Crippen LogP contribution in [-0.4, -0.2) is 47.4 Å². The second-order valence-electron chi connectivity index (χ2n) is 20.0. The van der Waals surface area contributed by atoms with Gasteiger partial charge in [0.2, 0.25) is 5.91 Å². The quantitative estimate of drug-likeness (QED) is 0.0418. The number of aliphatic hydroxyl groups excluding tert-OH is 2. The van der Waals surface area contributed by atoms with E-state index in [2.05, 4.69) is 19.2 Å². The first-order chi connectivity index (χ1) is 31.0. The SMILES string of the molecule is CCCCCCCCCCCCCCCCCCCCCCC(O)C(CO)NC(=O)CCCCCCCCCCCOC(=O)CCCCCCCCCCCCCCCCCCC. The van der Waals surface area contributed by atoms with Gasteiger partial charge in [-0.3, -0.25) is 9.59 Å². The zero-order valence-electron chi connectivity index (χ0n) is 42.8. The molecule has 0 fully saturated rings. The van der Waals surface area contributed by atoms with Gasteiger partial charge in [-0.2, -0.15) is 0 Å². The minimum absolute atomic E-state index is 0.0196. The fourth-order valence-corrected chi connectivity index (χ4v) is 9.23. The van der Waals surface area contributed by atoms with E-state index in [1.807, 2.05) is 0 Å². The average Bonchev–Trinajstić information content (AvgIpc) is 3.28. The van der Waals surface area contributed by atoms with E-state index in [0.717, 1.165) is 57.8 Å².